The highest BCUT2D eigenvalue weighted by Gasteiger charge is 2.09. The van der Waals surface area contributed by atoms with Crippen molar-refractivity contribution in [2.45, 2.75) is 39.2 Å². The van der Waals surface area contributed by atoms with E-state index in [2.05, 4.69) is 6.92 Å². The molecule has 0 aromatic carbocycles. The Bertz CT molecular complexity index is 81.3. The summed E-state index contributed by atoms with van der Waals surface area (Å²) in [5, 5.41) is 0.207. The maximum Gasteiger partial charge on any atom is 0.0519 e. The molecule has 2 heteroatoms. The van der Waals surface area contributed by atoms with Gasteiger partial charge in [0.1, 0.15) is 0 Å². The number of alkyl halides is 1. The fraction of sp³-hybridized carbons (Fsp3) is 1.00. The van der Waals surface area contributed by atoms with E-state index < -0.39 is 0 Å². The summed E-state index contributed by atoms with van der Waals surface area (Å²) in [5.41, 5.74) is 0. The average Bonchev–Trinajstić information content (AvgIpc) is 1.82. The second-order valence-electron chi connectivity index (χ2n) is 3.04. The third-order valence-electron chi connectivity index (χ3n) is 1.48. The molecule has 0 spiro atoms. The van der Waals surface area contributed by atoms with Gasteiger partial charge in [0.05, 0.1) is 12.7 Å². The predicted molar refractivity (Wildman–Crippen MR) is 45.6 cm³/mol. The van der Waals surface area contributed by atoms with E-state index in [0.717, 1.165) is 6.61 Å². The molecule has 0 saturated carbocycles. The molecule has 0 rings (SSSR count). The van der Waals surface area contributed by atoms with Crippen molar-refractivity contribution in [2.24, 2.45) is 5.92 Å². The van der Waals surface area contributed by atoms with Gasteiger partial charge in [0.15, 0.2) is 0 Å². The van der Waals surface area contributed by atoms with Gasteiger partial charge in [-0.25, -0.2) is 0 Å². The van der Waals surface area contributed by atoms with Gasteiger partial charge in [-0.2, -0.15) is 0 Å². The highest BCUT2D eigenvalue weighted by molar-refractivity contribution is 6.20. The number of hydrogen-bond acceptors (Lipinski definition) is 1. The van der Waals surface area contributed by atoms with Crippen LogP contribution in [-0.4, -0.2) is 18.1 Å². The van der Waals surface area contributed by atoms with Crippen LogP contribution in [0, 0.1) is 5.92 Å². The van der Waals surface area contributed by atoms with Crippen molar-refractivity contribution in [3.63, 3.8) is 0 Å². The molecule has 0 aliphatic carbocycles. The molecule has 2 atom stereocenters. The zero-order valence-electron chi connectivity index (χ0n) is 7.23. The van der Waals surface area contributed by atoms with Gasteiger partial charge in [-0.15, -0.1) is 11.6 Å². The Labute approximate surface area is 68.7 Å². The molecule has 0 fully saturated rings. The van der Waals surface area contributed by atoms with E-state index in [1.807, 2.05) is 20.8 Å². The van der Waals surface area contributed by atoms with Crippen molar-refractivity contribution in [3.05, 3.63) is 0 Å². The normalized spacial score (nSPS) is 17.4. The van der Waals surface area contributed by atoms with Gasteiger partial charge in [0.2, 0.25) is 0 Å². The monoisotopic (exact) mass is 164 g/mol. The van der Waals surface area contributed by atoms with Gasteiger partial charge in [-0.1, -0.05) is 6.92 Å². The lowest BCUT2D eigenvalue weighted by Gasteiger charge is -2.15. The lowest BCUT2D eigenvalue weighted by atomic mass is 10.1. The Hall–Kier alpha value is 0.250. The fourth-order valence-electron chi connectivity index (χ4n) is 0.477. The van der Waals surface area contributed by atoms with Crippen molar-refractivity contribution in [2.75, 3.05) is 6.61 Å². The molecule has 1 nitrogen and oxygen atoms in total. The van der Waals surface area contributed by atoms with Gasteiger partial charge in [-0.3, -0.25) is 0 Å². The summed E-state index contributed by atoms with van der Waals surface area (Å²) in [6.07, 6.45) is 0.317. The van der Waals surface area contributed by atoms with Crippen molar-refractivity contribution < 1.29 is 4.74 Å². The molecular formula is C8H17ClO. The molecule has 2 unspecified atom stereocenters. The van der Waals surface area contributed by atoms with Gasteiger partial charge in [0, 0.05) is 5.38 Å². The Morgan fingerprint density at radius 3 is 2.00 bits per heavy atom. The van der Waals surface area contributed by atoms with Crippen LogP contribution in [0.15, 0.2) is 0 Å². The van der Waals surface area contributed by atoms with Crippen LogP contribution in [0.4, 0.5) is 0 Å². The minimum Gasteiger partial charge on any atom is -0.378 e. The van der Waals surface area contributed by atoms with E-state index >= 15 is 0 Å². The summed E-state index contributed by atoms with van der Waals surface area (Å²) in [4.78, 5) is 0. The Morgan fingerprint density at radius 1 is 1.20 bits per heavy atom. The molecule has 0 saturated heterocycles. The third-order valence-corrected chi connectivity index (χ3v) is 1.91. The zero-order valence-corrected chi connectivity index (χ0v) is 7.98. The van der Waals surface area contributed by atoms with Crippen molar-refractivity contribution >= 4 is 11.6 Å². The first-order chi connectivity index (χ1) is 4.54. The molecule has 0 aliphatic heterocycles. The highest BCUT2D eigenvalue weighted by atomic mass is 35.5. The molecule has 10 heavy (non-hydrogen) atoms. The maximum atomic E-state index is 5.83. The molecule has 0 amide bonds. The van der Waals surface area contributed by atoms with E-state index in [0.29, 0.717) is 12.0 Å². The summed E-state index contributed by atoms with van der Waals surface area (Å²) in [6.45, 7) is 8.93. The number of rotatable bonds is 4. The van der Waals surface area contributed by atoms with Crippen LogP contribution in [-0.2, 0) is 4.74 Å². The highest BCUT2D eigenvalue weighted by Crippen LogP contribution is 2.10. The minimum absolute atomic E-state index is 0.207. The summed E-state index contributed by atoms with van der Waals surface area (Å²) < 4.78 is 5.38. The zero-order chi connectivity index (χ0) is 8.15. The standard InChI is InChI=1S/C8H17ClO/c1-6(2)10-5-7(3)8(4)9/h6-8H,5H2,1-4H3. The van der Waals surface area contributed by atoms with Gasteiger partial charge < -0.3 is 4.74 Å². The maximum absolute atomic E-state index is 5.83. The third kappa shape index (κ3) is 5.07. The Balaban J connectivity index is 3.30. The van der Waals surface area contributed by atoms with Crippen LogP contribution >= 0.6 is 11.6 Å². The summed E-state index contributed by atoms with van der Waals surface area (Å²) in [7, 11) is 0. The van der Waals surface area contributed by atoms with Crippen molar-refractivity contribution in [1.29, 1.82) is 0 Å². The van der Waals surface area contributed by atoms with Gasteiger partial charge in [0.25, 0.3) is 0 Å². The molecule has 0 aromatic heterocycles. The topological polar surface area (TPSA) is 9.23 Å². The molecule has 0 bridgehead atoms. The SMILES string of the molecule is CC(C)OCC(C)C(C)Cl. The number of hydrogen-bond donors (Lipinski definition) is 0. The summed E-state index contributed by atoms with van der Waals surface area (Å²) in [5.74, 6) is 0.448. The second kappa shape index (κ2) is 4.97. The molecule has 0 radical (unpaired) electrons. The van der Waals surface area contributed by atoms with Crippen molar-refractivity contribution in [1.82, 2.24) is 0 Å². The van der Waals surface area contributed by atoms with Crippen LogP contribution in [0.3, 0.4) is 0 Å². The van der Waals surface area contributed by atoms with Crippen LogP contribution in [0.1, 0.15) is 27.7 Å². The Morgan fingerprint density at radius 2 is 1.70 bits per heavy atom. The molecule has 0 heterocycles. The fourth-order valence-corrected chi connectivity index (χ4v) is 0.550. The van der Waals surface area contributed by atoms with Gasteiger partial charge in [-0.05, 0) is 26.7 Å². The van der Waals surface area contributed by atoms with E-state index in [1.54, 1.807) is 0 Å². The largest absolute Gasteiger partial charge is 0.378 e. The summed E-state index contributed by atoms with van der Waals surface area (Å²) >= 11 is 5.83. The Kier molecular flexibility index (Phi) is 5.10. The predicted octanol–water partition coefficient (Wildman–Crippen LogP) is 2.67. The number of halogens is 1. The van der Waals surface area contributed by atoms with E-state index in [1.165, 1.54) is 0 Å². The van der Waals surface area contributed by atoms with Crippen LogP contribution < -0.4 is 0 Å². The van der Waals surface area contributed by atoms with E-state index in [9.17, 15) is 0 Å². The second-order valence-corrected chi connectivity index (χ2v) is 3.73. The van der Waals surface area contributed by atoms with E-state index in [-0.39, 0.29) is 5.38 Å². The first kappa shape index (κ1) is 10.2. The molecule has 0 N–H and O–H groups in total. The lowest BCUT2D eigenvalue weighted by molar-refractivity contribution is 0.0553. The molecule has 0 aliphatic rings. The number of ether oxygens (including phenoxy) is 1. The quantitative estimate of drug-likeness (QED) is 0.581. The smallest absolute Gasteiger partial charge is 0.0519 e. The van der Waals surface area contributed by atoms with Crippen LogP contribution in [0.5, 0.6) is 0 Å². The summed E-state index contributed by atoms with van der Waals surface area (Å²) in [6, 6.07) is 0. The molecule has 0 aromatic rings. The molecule has 62 valence electrons. The van der Waals surface area contributed by atoms with Crippen LogP contribution in [0.25, 0.3) is 0 Å². The molecular weight excluding hydrogens is 148 g/mol. The van der Waals surface area contributed by atoms with E-state index in [4.69, 9.17) is 16.3 Å². The minimum atomic E-state index is 0.207. The first-order valence-corrected chi connectivity index (χ1v) is 4.23. The average molecular weight is 165 g/mol. The van der Waals surface area contributed by atoms with Gasteiger partial charge >= 0.3 is 0 Å². The first-order valence-electron chi connectivity index (χ1n) is 3.79. The van der Waals surface area contributed by atoms with Crippen LogP contribution in [0.2, 0.25) is 0 Å². The lowest BCUT2D eigenvalue weighted by Crippen LogP contribution is -2.17. The van der Waals surface area contributed by atoms with Crippen molar-refractivity contribution in [3.8, 4) is 0 Å².